The SMILES string of the molecule is CC(C)(C)OC(=O)N1C[C@H](O[Si](C)(C)C(C)(C)C)CC1CO. The number of ether oxygens (including phenoxy) is 1. The van der Waals surface area contributed by atoms with Gasteiger partial charge in [0.2, 0.25) is 0 Å². The van der Waals surface area contributed by atoms with Crippen molar-refractivity contribution in [1.82, 2.24) is 4.90 Å². The smallest absolute Gasteiger partial charge is 0.410 e. The molecule has 0 aromatic heterocycles. The van der Waals surface area contributed by atoms with Gasteiger partial charge in [0.25, 0.3) is 0 Å². The highest BCUT2D eigenvalue weighted by atomic mass is 28.4. The van der Waals surface area contributed by atoms with Crippen LogP contribution in [0.3, 0.4) is 0 Å². The van der Waals surface area contributed by atoms with Gasteiger partial charge in [-0.2, -0.15) is 0 Å². The maximum absolute atomic E-state index is 12.3. The number of amides is 1. The van der Waals surface area contributed by atoms with Gasteiger partial charge in [0.05, 0.1) is 18.8 Å². The normalized spacial score (nSPS) is 23.8. The first-order valence-corrected chi connectivity index (χ1v) is 11.0. The summed E-state index contributed by atoms with van der Waals surface area (Å²) < 4.78 is 11.8. The van der Waals surface area contributed by atoms with Crippen molar-refractivity contribution in [3.05, 3.63) is 0 Å². The molecule has 2 atom stereocenters. The van der Waals surface area contributed by atoms with Crippen LogP contribution in [0.2, 0.25) is 18.1 Å². The average molecular weight is 332 g/mol. The lowest BCUT2D eigenvalue weighted by molar-refractivity contribution is 0.0164. The van der Waals surface area contributed by atoms with E-state index in [1.807, 2.05) is 20.8 Å². The van der Waals surface area contributed by atoms with Crippen LogP contribution in [0.4, 0.5) is 4.79 Å². The fourth-order valence-corrected chi connectivity index (χ4v) is 3.63. The maximum Gasteiger partial charge on any atom is 0.410 e. The van der Waals surface area contributed by atoms with Gasteiger partial charge in [-0.1, -0.05) is 20.8 Å². The molecule has 0 saturated carbocycles. The Morgan fingerprint density at radius 3 is 2.18 bits per heavy atom. The van der Waals surface area contributed by atoms with E-state index >= 15 is 0 Å². The van der Waals surface area contributed by atoms with Crippen LogP contribution in [0.1, 0.15) is 48.0 Å². The van der Waals surface area contributed by atoms with Crippen molar-refractivity contribution in [3.8, 4) is 0 Å². The van der Waals surface area contributed by atoms with Crippen molar-refractivity contribution in [3.63, 3.8) is 0 Å². The van der Waals surface area contributed by atoms with Crippen molar-refractivity contribution < 1.29 is 19.1 Å². The predicted octanol–water partition coefficient (Wildman–Crippen LogP) is 3.38. The average Bonchev–Trinajstić information content (AvgIpc) is 2.67. The highest BCUT2D eigenvalue weighted by Gasteiger charge is 2.44. The first-order valence-electron chi connectivity index (χ1n) is 8.05. The van der Waals surface area contributed by atoms with E-state index in [4.69, 9.17) is 9.16 Å². The van der Waals surface area contributed by atoms with E-state index in [2.05, 4.69) is 33.9 Å². The Kier molecular flexibility index (Phi) is 5.74. The Labute approximate surface area is 136 Å². The van der Waals surface area contributed by atoms with Crippen molar-refractivity contribution in [2.75, 3.05) is 13.2 Å². The highest BCUT2D eigenvalue weighted by molar-refractivity contribution is 6.74. The molecular weight excluding hydrogens is 298 g/mol. The molecule has 1 unspecified atom stereocenters. The van der Waals surface area contributed by atoms with Gasteiger partial charge in [0, 0.05) is 6.54 Å². The molecule has 1 N–H and O–H groups in total. The fraction of sp³-hybridized carbons (Fsp3) is 0.938. The summed E-state index contributed by atoms with van der Waals surface area (Å²) in [5.74, 6) is 0. The van der Waals surface area contributed by atoms with Crippen molar-refractivity contribution in [1.29, 1.82) is 0 Å². The summed E-state index contributed by atoms with van der Waals surface area (Å²) in [7, 11) is -1.88. The largest absolute Gasteiger partial charge is 0.444 e. The number of nitrogens with zero attached hydrogens (tertiary/aromatic N) is 1. The lowest BCUT2D eigenvalue weighted by Gasteiger charge is -2.38. The van der Waals surface area contributed by atoms with E-state index in [9.17, 15) is 9.90 Å². The fourth-order valence-electron chi connectivity index (χ4n) is 2.27. The quantitative estimate of drug-likeness (QED) is 0.806. The molecular formula is C16H33NO4Si. The Balaban J connectivity index is 2.75. The third-order valence-corrected chi connectivity index (χ3v) is 9.02. The van der Waals surface area contributed by atoms with Crippen molar-refractivity contribution >= 4 is 14.4 Å². The van der Waals surface area contributed by atoms with Gasteiger partial charge >= 0.3 is 6.09 Å². The molecule has 0 radical (unpaired) electrons. The lowest BCUT2D eigenvalue weighted by atomic mass is 10.2. The molecule has 1 rings (SSSR count). The van der Waals surface area contributed by atoms with E-state index in [0.717, 1.165) is 0 Å². The number of aliphatic hydroxyl groups is 1. The number of rotatable bonds is 3. The summed E-state index contributed by atoms with van der Waals surface area (Å²) in [6.45, 7) is 17.0. The van der Waals surface area contributed by atoms with Crippen LogP contribution >= 0.6 is 0 Å². The Morgan fingerprint density at radius 1 is 1.23 bits per heavy atom. The molecule has 0 aliphatic carbocycles. The summed E-state index contributed by atoms with van der Waals surface area (Å²) in [6, 6.07) is -0.218. The molecule has 5 nitrogen and oxygen atoms in total. The van der Waals surface area contributed by atoms with Crippen LogP contribution in [0.25, 0.3) is 0 Å². The number of likely N-dealkylation sites (tertiary alicyclic amines) is 1. The highest BCUT2D eigenvalue weighted by Crippen LogP contribution is 2.39. The predicted molar refractivity (Wildman–Crippen MR) is 90.5 cm³/mol. The maximum atomic E-state index is 12.3. The minimum Gasteiger partial charge on any atom is -0.444 e. The van der Waals surface area contributed by atoms with Crippen LogP contribution < -0.4 is 0 Å². The second-order valence-corrected chi connectivity index (χ2v) is 13.5. The minimum atomic E-state index is -1.88. The van der Waals surface area contributed by atoms with Gasteiger partial charge in [-0.25, -0.2) is 4.79 Å². The summed E-state index contributed by atoms with van der Waals surface area (Å²) in [5.41, 5.74) is -0.532. The van der Waals surface area contributed by atoms with Crippen LogP contribution in [0.5, 0.6) is 0 Å². The molecule has 1 heterocycles. The molecule has 0 bridgehead atoms. The van der Waals surface area contributed by atoms with E-state index in [0.29, 0.717) is 13.0 Å². The van der Waals surface area contributed by atoms with Gasteiger partial charge in [-0.05, 0) is 45.3 Å². The molecule has 0 aromatic carbocycles. The first-order chi connectivity index (χ1) is 9.77. The number of aliphatic hydroxyl groups excluding tert-OH is 1. The van der Waals surface area contributed by atoms with E-state index < -0.39 is 13.9 Å². The van der Waals surface area contributed by atoms with Gasteiger partial charge in [0.1, 0.15) is 5.60 Å². The molecule has 1 fully saturated rings. The number of hydrogen-bond donors (Lipinski definition) is 1. The van der Waals surface area contributed by atoms with Crippen LogP contribution in [-0.2, 0) is 9.16 Å². The van der Waals surface area contributed by atoms with E-state index in [1.54, 1.807) is 4.90 Å². The summed E-state index contributed by atoms with van der Waals surface area (Å²) in [5, 5.41) is 9.69. The van der Waals surface area contributed by atoms with Gasteiger partial charge in [-0.15, -0.1) is 0 Å². The number of carbonyl (C=O) groups excluding carboxylic acids is 1. The lowest BCUT2D eigenvalue weighted by Crippen LogP contribution is -2.45. The van der Waals surface area contributed by atoms with Crippen molar-refractivity contribution in [2.45, 2.75) is 83.8 Å². The summed E-state index contributed by atoms with van der Waals surface area (Å²) >= 11 is 0. The molecule has 130 valence electrons. The Morgan fingerprint density at radius 2 is 1.77 bits per heavy atom. The molecule has 1 amide bonds. The zero-order valence-electron chi connectivity index (χ0n) is 15.4. The van der Waals surface area contributed by atoms with Crippen LogP contribution in [0.15, 0.2) is 0 Å². The number of carbonyl (C=O) groups is 1. The topological polar surface area (TPSA) is 59.0 Å². The monoisotopic (exact) mass is 331 g/mol. The molecule has 1 aliphatic heterocycles. The van der Waals surface area contributed by atoms with E-state index in [-0.39, 0.29) is 29.9 Å². The molecule has 1 saturated heterocycles. The molecule has 1 aliphatic rings. The third-order valence-electron chi connectivity index (χ3n) is 4.48. The standard InChI is InChI=1S/C16H33NO4Si/c1-15(2,3)20-14(19)17-10-13(9-12(17)11-18)21-22(7,8)16(4,5)6/h12-13,18H,9-11H2,1-8H3/t12?,13-/m1/s1. The Hall–Kier alpha value is -0.593. The molecule has 0 aromatic rings. The van der Waals surface area contributed by atoms with Gasteiger partial charge in [0.15, 0.2) is 8.32 Å². The first kappa shape index (κ1) is 19.5. The summed E-state index contributed by atoms with van der Waals surface area (Å²) in [4.78, 5) is 13.9. The molecule has 22 heavy (non-hydrogen) atoms. The second-order valence-electron chi connectivity index (χ2n) is 8.70. The van der Waals surface area contributed by atoms with Crippen LogP contribution in [0, 0.1) is 0 Å². The zero-order valence-corrected chi connectivity index (χ0v) is 16.4. The Bertz CT molecular complexity index is 398. The molecule has 0 spiro atoms. The zero-order chi connectivity index (χ0) is 17.3. The molecule has 6 heteroatoms. The van der Waals surface area contributed by atoms with Gasteiger partial charge < -0.3 is 19.2 Å². The summed E-state index contributed by atoms with van der Waals surface area (Å²) in [6.07, 6.45) is 0.279. The third kappa shape index (κ3) is 4.96. The second kappa shape index (κ2) is 6.49. The van der Waals surface area contributed by atoms with Crippen molar-refractivity contribution in [2.24, 2.45) is 0 Å². The number of hydrogen-bond acceptors (Lipinski definition) is 4. The van der Waals surface area contributed by atoms with E-state index in [1.165, 1.54) is 0 Å². The van der Waals surface area contributed by atoms with Crippen LogP contribution in [-0.4, -0.2) is 55.3 Å². The minimum absolute atomic E-state index is 0.0226. The van der Waals surface area contributed by atoms with Gasteiger partial charge in [-0.3, -0.25) is 0 Å².